The van der Waals surface area contributed by atoms with Crippen LogP contribution in [-0.2, 0) is 0 Å². The number of benzene rings is 2. The van der Waals surface area contributed by atoms with Crippen molar-refractivity contribution in [2.24, 2.45) is 0 Å². The number of fused-ring (bicyclic) bond motifs is 1. The zero-order chi connectivity index (χ0) is 15.0. The summed E-state index contributed by atoms with van der Waals surface area (Å²) in [6.45, 7) is -0.0708. The van der Waals surface area contributed by atoms with Gasteiger partial charge in [0.2, 0.25) is 0 Å². The molecule has 0 aromatic heterocycles. The van der Waals surface area contributed by atoms with E-state index in [0.29, 0.717) is 5.02 Å². The Balaban J connectivity index is 1.99. The van der Waals surface area contributed by atoms with Crippen LogP contribution in [0.3, 0.4) is 0 Å². The van der Waals surface area contributed by atoms with Gasteiger partial charge in [0.1, 0.15) is 18.5 Å². The summed E-state index contributed by atoms with van der Waals surface area (Å²) in [7, 11) is 0. The van der Waals surface area contributed by atoms with E-state index in [1.54, 1.807) is 24.3 Å². The molecule has 0 fully saturated rings. The molecule has 1 N–H and O–H groups in total. The highest BCUT2D eigenvalue weighted by molar-refractivity contribution is 7.99. The normalized spacial score (nSPS) is 20.8. The predicted octanol–water partition coefficient (Wildman–Crippen LogP) is 4.20. The molecule has 6 heteroatoms. The van der Waals surface area contributed by atoms with E-state index in [0.717, 1.165) is 17.0 Å². The molecular formula is C15H11ClF2O2S. The second-order valence-corrected chi connectivity index (χ2v) is 6.29. The molecule has 2 nitrogen and oxygen atoms in total. The molecule has 2 aromatic carbocycles. The topological polar surface area (TPSA) is 29.5 Å². The van der Waals surface area contributed by atoms with Crippen molar-refractivity contribution in [2.45, 2.75) is 16.2 Å². The third kappa shape index (κ3) is 2.86. The van der Waals surface area contributed by atoms with E-state index in [1.165, 1.54) is 11.8 Å². The van der Waals surface area contributed by atoms with Crippen LogP contribution in [0.5, 0.6) is 5.75 Å². The summed E-state index contributed by atoms with van der Waals surface area (Å²) in [6.07, 6.45) is -0.922. The SMILES string of the molecule is O[C@@H]1COc2c(F)ccc(F)c2[C@@H]1Sc1ccc(Cl)cc1. The fraction of sp³-hybridized carbons (Fsp3) is 0.200. The van der Waals surface area contributed by atoms with Crippen LogP contribution in [0.25, 0.3) is 0 Å². The minimum atomic E-state index is -0.922. The average molecular weight is 329 g/mol. The van der Waals surface area contributed by atoms with Gasteiger partial charge in [-0.3, -0.25) is 0 Å². The molecule has 0 bridgehead atoms. The Morgan fingerprint density at radius 2 is 1.76 bits per heavy atom. The van der Waals surface area contributed by atoms with Crippen molar-refractivity contribution in [1.82, 2.24) is 0 Å². The van der Waals surface area contributed by atoms with Crippen LogP contribution >= 0.6 is 23.4 Å². The maximum atomic E-state index is 14.0. The van der Waals surface area contributed by atoms with Crippen molar-refractivity contribution in [3.05, 3.63) is 58.6 Å². The molecule has 0 aliphatic carbocycles. The minimum absolute atomic E-state index is 0.0636. The van der Waals surface area contributed by atoms with Gasteiger partial charge in [0, 0.05) is 15.5 Å². The van der Waals surface area contributed by atoms with Gasteiger partial charge in [0.25, 0.3) is 0 Å². The molecule has 21 heavy (non-hydrogen) atoms. The van der Waals surface area contributed by atoms with E-state index < -0.39 is 23.0 Å². The molecule has 0 saturated heterocycles. The Hall–Kier alpha value is -1.30. The first-order valence-corrected chi connectivity index (χ1v) is 7.53. The number of ether oxygens (including phenoxy) is 1. The number of aliphatic hydroxyl groups excluding tert-OH is 1. The number of rotatable bonds is 2. The third-order valence-electron chi connectivity index (χ3n) is 3.20. The first-order chi connectivity index (χ1) is 10.1. The summed E-state index contributed by atoms with van der Waals surface area (Å²) < 4.78 is 32.9. The quantitative estimate of drug-likeness (QED) is 0.895. The Bertz CT molecular complexity index is 663. The summed E-state index contributed by atoms with van der Waals surface area (Å²) in [5.41, 5.74) is 0.0636. The van der Waals surface area contributed by atoms with E-state index in [2.05, 4.69) is 0 Å². The van der Waals surface area contributed by atoms with E-state index in [1.807, 2.05) is 0 Å². The highest BCUT2D eigenvalue weighted by Gasteiger charge is 2.34. The molecule has 2 atom stereocenters. The molecule has 1 aliphatic rings. The van der Waals surface area contributed by atoms with Gasteiger partial charge in [-0.15, -0.1) is 11.8 Å². The lowest BCUT2D eigenvalue weighted by Crippen LogP contribution is -2.30. The minimum Gasteiger partial charge on any atom is -0.487 e. The van der Waals surface area contributed by atoms with Crippen molar-refractivity contribution in [3.8, 4) is 5.75 Å². The molecule has 1 heterocycles. The molecule has 0 amide bonds. The number of hydrogen-bond acceptors (Lipinski definition) is 3. The fourth-order valence-electron chi connectivity index (χ4n) is 2.21. The molecular weight excluding hydrogens is 318 g/mol. The van der Waals surface area contributed by atoms with Crippen molar-refractivity contribution in [2.75, 3.05) is 6.61 Å². The highest BCUT2D eigenvalue weighted by atomic mass is 35.5. The standard InChI is InChI=1S/C15H11ClF2O2S/c16-8-1-3-9(4-2-8)21-15-12(19)7-20-14-11(18)6-5-10(17)13(14)15/h1-6,12,15,19H,7H2/t12-,15-/m1/s1. The zero-order valence-corrected chi connectivity index (χ0v) is 12.3. The van der Waals surface area contributed by atoms with Crippen LogP contribution in [0.4, 0.5) is 8.78 Å². The van der Waals surface area contributed by atoms with Crippen molar-refractivity contribution >= 4 is 23.4 Å². The Labute approximate surface area is 129 Å². The second kappa shape index (κ2) is 5.83. The first kappa shape index (κ1) is 14.6. The molecule has 3 rings (SSSR count). The molecule has 0 unspecified atom stereocenters. The van der Waals surface area contributed by atoms with Gasteiger partial charge >= 0.3 is 0 Å². The van der Waals surface area contributed by atoms with Crippen LogP contribution in [-0.4, -0.2) is 17.8 Å². The van der Waals surface area contributed by atoms with Crippen LogP contribution in [0.15, 0.2) is 41.3 Å². The molecule has 0 radical (unpaired) electrons. The molecule has 2 aromatic rings. The average Bonchev–Trinajstić information content (AvgIpc) is 2.47. The Morgan fingerprint density at radius 1 is 1.10 bits per heavy atom. The summed E-state index contributed by atoms with van der Waals surface area (Å²) in [5.74, 6) is -1.33. The molecule has 110 valence electrons. The molecule has 1 aliphatic heterocycles. The summed E-state index contributed by atoms with van der Waals surface area (Å²) in [6, 6.07) is 9.02. The van der Waals surface area contributed by atoms with Gasteiger partial charge in [-0.1, -0.05) is 11.6 Å². The number of aliphatic hydroxyl groups is 1. The zero-order valence-electron chi connectivity index (χ0n) is 10.7. The maximum absolute atomic E-state index is 14.0. The van der Waals surface area contributed by atoms with Gasteiger partial charge in [-0.2, -0.15) is 0 Å². The first-order valence-electron chi connectivity index (χ1n) is 6.27. The van der Waals surface area contributed by atoms with Crippen LogP contribution in [0.1, 0.15) is 10.8 Å². The van der Waals surface area contributed by atoms with Crippen molar-refractivity contribution in [1.29, 1.82) is 0 Å². The summed E-state index contributed by atoms with van der Waals surface area (Å²) in [5, 5.41) is 10.0. The fourth-order valence-corrected chi connectivity index (χ4v) is 3.49. The van der Waals surface area contributed by atoms with Gasteiger partial charge in [-0.05, 0) is 36.4 Å². The van der Waals surface area contributed by atoms with Gasteiger partial charge < -0.3 is 9.84 Å². The maximum Gasteiger partial charge on any atom is 0.165 e. The third-order valence-corrected chi connectivity index (χ3v) is 4.80. The largest absolute Gasteiger partial charge is 0.487 e. The van der Waals surface area contributed by atoms with Crippen LogP contribution in [0, 0.1) is 11.6 Å². The second-order valence-electron chi connectivity index (χ2n) is 4.64. The smallest absolute Gasteiger partial charge is 0.165 e. The number of hydrogen-bond donors (Lipinski definition) is 1. The van der Waals surface area contributed by atoms with E-state index in [-0.39, 0.29) is 17.9 Å². The lowest BCUT2D eigenvalue weighted by molar-refractivity contribution is 0.0846. The van der Waals surface area contributed by atoms with Gasteiger partial charge in [-0.25, -0.2) is 8.78 Å². The monoisotopic (exact) mass is 328 g/mol. The predicted molar refractivity (Wildman–Crippen MR) is 77.9 cm³/mol. The van der Waals surface area contributed by atoms with Gasteiger partial charge in [0.15, 0.2) is 11.6 Å². The molecule has 0 saturated carbocycles. The summed E-state index contributed by atoms with van der Waals surface area (Å²) >= 11 is 7.07. The van der Waals surface area contributed by atoms with Crippen LogP contribution < -0.4 is 4.74 Å². The lowest BCUT2D eigenvalue weighted by Gasteiger charge is -2.30. The Morgan fingerprint density at radius 3 is 2.48 bits per heavy atom. The van der Waals surface area contributed by atoms with Crippen molar-refractivity contribution in [3.63, 3.8) is 0 Å². The van der Waals surface area contributed by atoms with E-state index >= 15 is 0 Å². The van der Waals surface area contributed by atoms with E-state index in [9.17, 15) is 13.9 Å². The lowest BCUT2D eigenvalue weighted by atomic mass is 10.0. The van der Waals surface area contributed by atoms with E-state index in [4.69, 9.17) is 16.3 Å². The summed E-state index contributed by atoms with van der Waals surface area (Å²) in [4.78, 5) is 0.806. The number of halogens is 3. The number of thioether (sulfide) groups is 1. The Kier molecular flexibility index (Phi) is 4.06. The molecule has 0 spiro atoms. The van der Waals surface area contributed by atoms with Gasteiger partial charge in [0.05, 0.1) is 5.25 Å². The highest BCUT2D eigenvalue weighted by Crippen LogP contribution is 2.46. The van der Waals surface area contributed by atoms with Crippen LogP contribution in [0.2, 0.25) is 5.02 Å². The van der Waals surface area contributed by atoms with Crippen molar-refractivity contribution < 1.29 is 18.6 Å².